The van der Waals surface area contributed by atoms with Crippen LogP contribution in [-0.2, 0) is 0 Å². The first-order valence-corrected chi connectivity index (χ1v) is 4.10. The van der Waals surface area contributed by atoms with E-state index in [1.54, 1.807) is 13.0 Å². The summed E-state index contributed by atoms with van der Waals surface area (Å²) in [5, 5.41) is 0. The number of benzene rings is 1. The van der Waals surface area contributed by atoms with Crippen LogP contribution in [0.4, 0.5) is 4.39 Å². The molecule has 0 unspecified atom stereocenters. The first kappa shape index (κ1) is 8.98. The van der Waals surface area contributed by atoms with Crippen molar-refractivity contribution >= 4 is 5.57 Å². The van der Waals surface area contributed by atoms with Crippen molar-refractivity contribution in [1.29, 1.82) is 0 Å². The maximum atomic E-state index is 13.0. The van der Waals surface area contributed by atoms with Crippen LogP contribution in [0.3, 0.4) is 0 Å². The van der Waals surface area contributed by atoms with Gasteiger partial charge in [-0.15, -0.1) is 0 Å². The average Bonchev–Trinajstić information content (AvgIpc) is 2.08. The van der Waals surface area contributed by atoms with Gasteiger partial charge in [0, 0.05) is 0 Å². The van der Waals surface area contributed by atoms with Crippen LogP contribution >= 0.6 is 0 Å². The highest BCUT2D eigenvalue weighted by Gasteiger charge is 2.04. The summed E-state index contributed by atoms with van der Waals surface area (Å²) < 4.78 is 13.0. The lowest BCUT2D eigenvalue weighted by atomic mass is 10.00. The second kappa shape index (κ2) is 3.53. The lowest BCUT2D eigenvalue weighted by molar-refractivity contribution is 0.618. The van der Waals surface area contributed by atoms with Gasteiger partial charge in [0.15, 0.2) is 0 Å². The van der Waals surface area contributed by atoms with E-state index in [9.17, 15) is 4.39 Å². The zero-order chi connectivity index (χ0) is 9.14. The molecule has 1 aromatic carbocycles. The van der Waals surface area contributed by atoms with Crippen molar-refractivity contribution in [3.05, 3.63) is 41.7 Å². The smallest absolute Gasteiger partial charge is 0.126 e. The van der Waals surface area contributed by atoms with Crippen molar-refractivity contribution in [3.8, 4) is 0 Å². The molecule has 0 spiro atoms. The summed E-state index contributed by atoms with van der Waals surface area (Å²) in [5.74, 6) is -0.151. The van der Waals surface area contributed by atoms with E-state index in [0.29, 0.717) is 5.56 Å². The molecule has 0 heterocycles. The van der Waals surface area contributed by atoms with E-state index in [1.165, 1.54) is 6.07 Å². The summed E-state index contributed by atoms with van der Waals surface area (Å²) in [7, 11) is 0. The van der Waals surface area contributed by atoms with Gasteiger partial charge in [0.1, 0.15) is 5.82 Å². The van der Waals surface area contributed by atoms with E-state index < -0.39 is 0 Å². The van der Waals surface area contributed by atoms with Gasteiger partial charge in [0.2, 0.25) is 0 Å². The Labute approximate surface area is 72.7 Å². The minimum atomic E-state index is -0.151. The van der Waals surface area contributed by atoms with E-state index >= 15 is 0 Å². The van der Waals surface area contributed by atoms with E-state index in [0.717, 1.165) is 17.6 Å². The molecular weight excluding hydrogens is 151 g/mol. The van der Waals surface area contributed by atoms with Gasteiger partial charge in [-0.3, -0.25) is 0 Å². The lowest BCUT2D eigenvalue weighted by Crippen LogP contribution is -1.90. The Balaban J connectivity index is 3.16. The SMILES string of the molecule is C=C(CC)c1cccc(F)c1C. The topological polar surface area (TPSA) is 0 Å². The van der Waals surface area contributed by atoms with Crippen LogP contribution in [0.2, 0.25) is 0 Å². The Bertz CT molecular complexity index is 300. The molecule has 0 N–H and O–H groups in total. The second-order valence-corrected chi connectivity index (χ2v) is 2.87. The quantitative estimate of drug-likeness (QED) is 0.627. The average molecular weight is 164 g/mol. The molecule has 0 amide bonds. The summed E-state index contributed by atoms with van der Waals surface area (Å²) >= 11 is 0. The summed E-state index contributed by atoms with van der Waals surface area (Å²) in [5.41, 5.74) is 2.63. The molecule has 1 rings (SSSR count). The third kappa shape index (κ3) is 1.55. The van der Waals surface area contributed by atoms with Gasteiger partial charge < -0.3 is 0 Å². The molecule has 0 saturated heterocycles. The number of hydrogen-bond acceptors (Lipinski definition) is 0. The molecule has 1 aromatic rings. The van der Waals surface area contributed by atoms with Gasteiger partial charge in [-0.25, -0.2) is 4.39 Å². The van der Waals surface area contributed by atoms with Crippen LogP contribution in [0.5, 0.6) is 0 Å². The monoisotopic (exact) mass is 164 g/mol. The third-order valence-corrected chi connectivity index (χ3v) is 2.08. The Hall–Kier alpha value is -1.11. The Kier molecular flexibility index (Phi) is 2.64. The van der Waals surface area contributed by atoms with Gasteiger partial charge in [-0.1, -0.05) is 25.6 Å². The number of allylic oxidation sites excluding steroid dienone is 1. The van der Waals surface area contributed by atoms with Crippen molar-refractivity contribution in [3.63, 3.8) is 0 Å². The molecule has 0 aliphatic carbocycles. The fourth-order valence-electron chi connectivity index (χ4n) is 1.18. The highest BCUT2D eigenvalue weighted by atomic mass is 19.1. The molecule has 12 heavy (non-hydrogen) atoms. The predicted octanol–water partition coefficient (Wildman–Crippen LogP) is 3.56. The molecule has 0 aromatic heterocycles. The summed E-state index contributed by atoms with van der Waals surface area (Å²) in [6.07, 6.45) is 0.865. The predicted molar refractivity (Wildman–Crippen MR) is 50.5 cm³/mol. The molecule has 0 fully saturated rings. The first-order chi connectivity index (χ1) is 5.66. The van der Waals surface area contributed by atoms with Gasteiger partial charge in [-0.2, -0.15) is 0 Å². The standard InChI is InChI=1S/C11H13F/c1-4-8(2)10-6-5-7-11(12)9(10)3/h5-7H,2,4H2,1,3H3. The van der Waals surface area contributed by atoms with E-state index in [-0.39, 0.29) is 5.82 Å². The Morgan fingerprint density at radius 3 is 2.75 bits per heavy atom. The first-order valence-electron chi connectivity index (χ1n) is 4.10. The maximum absolute atomic E-state index is 13.0. The van der Waals surface area contributed by atoms with Crippen molar-refractivity contribution < 1.29 is 4.39 Å². The van der Waals surface area contributed by atoms with E-state index in [2.05, 4.69) is 6.58 Å². The lowest BCUT2D eigenvalue weighted by Gasteiger charge is -2.06. The zero-order valence-corrected chi connectivity index (χ0v) is 7.52. The molecule has 64 valence electrons. The van der Waals surface area contributed by atoms with Crippen LogP contribution < -0.4 is 0 Å². The highest BCUT2D eigenvalue weighted by molar-refractivity contribution is 5.65. The maximum Gasteiger partial charge on any atom is 0.126 e. The fourth-order valence-corrected chi connectivity index (χ4v) is 1.18. The molecular formula is C11H13F. The molecule has 0 atom stereocenters. The molecule has 0 radical (unpaired) electrons. The molecule has 0 aliphatic heterocycles. The molecule has 0 nitrogen and oxygen atoms in total. The zero-order valence-electron chi connectivity index (χ0n) is 7.52. The van der Waals surface area contributed by atoms with Crippen LogP contribution in [0.25, 0.3) is 5.57 Å². The van der Waals surface area contributed by atoms with Crippen molar-refractivity contribution in [1.82, 2.24) is 0 Å². The molecule has 0 aliphatic rings. The summed E-state index contributed by atoms with van der Waals surface area (Å²) in [4.78, 5) is 0. The largest absolute Gasteiger partial charge is 0.207 e. The van der Waals surface area contributed by atoms with Gasteiger partial charge in [0.25, 0.3) is 0 Å². The molecule has 0 bridgehead atoms. The van der Waals surface area contributed by atoms with Crippen LogP contribution in [0.1, 0.15) is 24.5 Å². The van der Waals surface area contributed by atoms with Crippen LogP contribution in [0.15, 0.2) is 24.8 Å². The normalized spacial score (nSPS) is 9.92. The van der Waals surface area contributed by atoms with Gasteiger partial charge in [0.05, 0.1) is 0 Å². The van der Waals surface area contributed by atoms with Gasteiger partial charge >= 0.3 is 0 Å². The molecule has 0 saturated carbocycles. The van der Waals surface area contributed by atoms with Crippen molar-refractivity contribution in [2.75, 3.05) is 0 Å². The van der Waals surface area contributed by atoms with Crippen molar-refractivity contribution in [2.45, 2.75) is 20.3 Å². The molecule has 1 heteroatoms. The Morgan fingerprint density at radius 1 is 1.50 bits per heavy atom. The number of halogens is 1. The Morgan fingerprint density at radius 2 is 2.17 bits per heavy atom. The van der Waals surface area contributed by atoms with E-state index in [4.69, 9.17) is 0 Å². The fraction of sp³-hybridized carbons (Fsp3) is 0.273. The van der Waals surface area contributed by atoms with Crippen molar-refractivity contribution in [2.24, 2.45) is 0 Å². The van der Waals surface area contributed by atoms with Crippen LogP contribution in [-0.4, -0.2) is 0 Å². The minimum absolute atomic E-state index is 0.151. The third-order valence-electron chi connectivity index (χ3n) is 2.08. The second-order valence-electron chi connectivity index (χ2n) is 2.87. The number of rotatable bonds is 2. The van der Waals surface area contributed by atoms with Crippen LogP contribution in [0, 0.1) is 12.7 Å². The van der Waals surface area contributed by atoms with Gasteiger partial charge in [-0.05, 0) is 36.1 Å². The summed E-state index contributed by atoms with van der Waals surface area (Å²) in [6.45, 7) is 7.68. The van der Waals surface area contributed by atoms with E-state index in [1.807, 2.05) is 13.0 Å². The minimum Gasteiger partial charge on any atom is -0.207 e. The summed E-state index contributed by atoms with van der Waals surface area (Å²) in [6, 6.07) is 5.10. The highest BCUT2D eigenvalue weighted by Crippen LogP contribution is 2.21. The number of hydrogen-bond donors (Lipinski definition) is 0.